The molecule has 0 atom stereocenters. The highest BCUT2D eigenvalue weighted by molar-refractivity contribution is 5.93. The van der Waals surface area contributed by atoms with Gasteiger partial charge >= 0.3 is 0 Å². The molecule has 0 aromatic carbocycles. The molecule has 0 saturated heterocycles. The van der Waals surface area contributed by atoms with Crippen LogP contribution < -0.4 is 10.2 Å². The van der Waals surface area contributed by atoms with Gasteiger partial charge in [-0.25, -0.2) is 4.98 Å². The van der Waals surface area contributed by atoms with Gasteiger partial charge in [0.05, 0.1) is 5.52 Å². The molecule has 2 aromatic rings. The monoisotopic (exact) mass is 242 g/mol. The molecule has 1 aliphatic heterocycles. The number of aromatic amines is 1. The molecular formula is C14H18N4. The summed E-state index contributed by atoms with van der Waals surface area (Å²) >= 11 is 0. The van der Waals surface area contributed by atoms with Gasteiger partial charge in [0.25, 0.3) is 0 Å². The van der Waals surface area contributed by atoms with E-state index in [2.05, 4.69) is 33.6 Å². The molecule has 0 amide bonds. The van der Waals surface area contributed by atoms with Gasteiger partial charge in [-0.1, -0.05) is 6.08 Å². The number of H-pyrrole nitrogens is 1. The number of nitrogens with one attached hydrogen (secondary N) is 2. The van der Waals surface area contributed by atoms with Crippen LogP contribution in [0.15, 0.2) is 24.5 Å². The van der Waals surface area contributed by atoms with Crippen molar-refractivity contribution in [2.45, 2.75) is 6.42 Å². The Labute approximate surface area is 107 Å². The molecule has 0 saturated carbocycles. The standard InChI is InChI=1S/C14H18N4/c1-18(2)14-7-13-12(9-17-14)11(8-16-13)10-3-5-15-6-4-10/h3,7-9,15-16H,4-6H2,1-2H3. The van der Waals surface area contributed by atoms with Crippen molar-refractivity contribution in [1.82, 2.24) is 15.3 Å². The maximum absolute atomic E-state index is 4.50. The minimum absolute atomic E-state index is 0.964. The second-order valence-corrected chi connectivity index (χ2v) is 4.87. The van der Waals surface area contributed by atoms with Crippen LogP contribution in [0, 0.1) is 0 Å². The number of anilines is 1. The highest BCUT2D eigenvalue weighted by atomic mass is 15.1. The summed E-state index contributed by atoms with van der Waals surface area (Å²) < 4.78 is 0. The van der Waals surface area contributed by atoms with Crippen molar-refractivity contribution in [3.63, 3.8) is 0 Å². The minimum atomic E-state index is 0.964. The summed E-state index contributed by atoms with van der Waals surface area (Å²) in [5.74, 6) is 0.982. The van der Waals surface area contributed by atoms with Gasteiger partial charge in [-0.05, 0) is 18.5 Å². The number of aromatic nitrogens is 2. The van der Waals surface area contributed by atoms with Crippen LogP contribution in [0.1, 0.15) is 12.0 Å². The quantitative estimate of drug-likeness (QED) is 0.846. The van der Waals surface area contributed by atoms with E-state index in [0.29, 0.717) is 0 Å². The molecule has 0 aliphatic carbocycles. The molecule has 0 bridgehead atoms. The Morgan fingerprint density at radius 1 is 1.33 bits per heavy atom. The molecule has 3 heterocycles. The highest BCUT2D eigenvalue weighted by Gasteiger charge is 2.11. The van der Waals surface area contributed by atoms with E-state index in [4.69, 9.17) is 0 Å². The van der Waals surface area contributed by atoms with Gasteiger partial charge in [0.1, 0.15) is 5.82 Å². The van der Waals surface area contributed by atoms with Crippen molar-refractivity contribution in [2.75, 3.05) is 32.1 Å². The van der Waals surface area contributed by atoms with Crippen molar-refractivity contribution < 1.29 is 0 Å². The first-order valence-corrected chi connectivity index (χ1v) is 6.30. The van der Waals surface area contributed by atoms with Crippen molar-refractivity contribution in [1.29, 1.82) is 0 Å². The first kappa shape index (κ1) is 11.3. The summed E-state index contributed by atoms with van der Waals surface area (Å²) in [6, 6.07) is 2.10. The van der Waals surface area contributed by atoms with Crippen molar-refractivity contribution in [3.05, 3.63) is 30.1 Å². The third kappa shape index (κ3) is 1.88. The van der Waals surface area contributed by atoms with Gasteiger partial charge in [-0.15, -0.1) is 0 Å². The van der Waals surface area contributed by atoms with Crippen LogP contribution in [0.2, 0.25) is 0 Å². The molecule has 2 aromatic heterocycles. The number of rotatable bonds is 2. The zero-order valence-corrected chi connectivity index (χ0v) is 10.8. The number of fused-ring (bicyclic) bond motifs is 1. The largest absolute Gasteiger partial charge is 0.363 e. The lowest BCUT2D eigenvalue weighted by Crippen LogP contribution is -2.19. The van der Waals surface area contributed by atoms with E-state index >= 15 is 0 Å². The molecule has 2 N–H and O–H groups in total. The second-order valence-electron chi connectivity index (χ2n) is 4.87. The van der Waals surface area contributed by atoms with E-state index in [1.165, 1.54) is 16.5 Å². The van der Waals surface area contributed by atoms with Crippen LogP contribution in [0.3, 0.4) is 0 Å². The number of nitrogens with zero attached hydrogens (tertiary/aromatic N) is 2. The third-order valence-electron chi connectivity index (χ3n) is 3.42. The molecule has 1 aliphatic rings. The fraction of sp³-hybridized carbons (Fsp3) is 0.357. The van der Waals surface area contributed by atoms with Crippen LogP contribution in [0.25, 0.3) is 16.5 Å². The Kier molecular flexibility index (Phi) is 2.80. The van der Waals surface area contributed by atoms with Crippen LogP contribution in [0.4, 0.5) is 5.82 Å². The molecule has 0 radical (unpaired) electrons. The maximum Gasteiger partial charge on any atom is 0.130 e. The van der Waals surface area contributed by atoms with Gasteiger partial charge < -0.3 is 15.2 Å². The summed E-state index contributed by atoms with van der Waals surface area (Å²) in [5.41, 5.74) is 3.87. The van der Waals surface area contributed by atoms with Crippen LogP contribution in [-0.2, 0) is 0 Å². The van der Waals surface area contributed by atoms with Crippen molar-refractivity contribution in [2.24, 2.45) is 0 Å². The molecule has 0 unspecified atom stereocenters. The zero-order valence-electron chi connectivity index (χ0n) is 10.8. The lowest BCUT2D eigenvalue weighted by molar-refractivity contribution is 0.739. The average molecular weight is 242 g/mol. The lowest BCUT2D eigenvalue weighted by Gasteiger charge is -2.14. The van der Waals surface area contributed by atoms with Gasteiger partial charge in [0.2, 0.25) is 0 Å². The minimum Gasteiger partial charge on any atom is -0.363 e. The maximum atomic E-state index is 4.50. The normalized spacial score (nSPS) is 15.8. The second kappa shape index (κ2) is 4.46. The fourth-order valence-electron chi connectivity index (χ4n) is 2.38. The molecule has 4 heteroatoms. The van der Waals surface area contributed by atoms with E-state index in [-0.39, 0.29) is 0 Å². The van der Waals surface area contributed by atoms with Gasteiger partial charge in [-0.2, -0.15) is 0 Å². The molecule has 0 fully saturated rings. The predicted octanol–water partition coefficient (Wildman–Crippen LogP) is 2.01. The first-order chi connectivity index (χ1) is 8.75. The van der Waals surface area contributed by atoms with E-state index < -0.39 is 0 Å². The van der Waals surface area contributed by atoms with E-state index in [1.807, 2.05) is 25.2 Å². The average Bonchev–Trinajstić information content (AvgIpc) is 2.82. The van der Waals surface area contributed by atoms with Crippen molar-refractivity contribution in [3.8, 4) is 0 Å². The molecule has 4 nitrogen and oxygen atoms in total. The SMILES string of the molecule is CN(C)c1cc2[nH]cc(C3=CCNCC3)c2cn1. The van der Waals surface area contributed by atoms with E-state index in [0.717, 1.165) is 30.8 Å². The smallest absolute Gasteiger partial charge is 0.130 e. The Morgan fingerprint density at radius 3 is 2.94 bits per heavy atom. The topological polar surface area (TPSA) is 44.0 Å². The summed E-state index contributed by atoms with van der Waals surface area (Å²) in [6.07, 6.45) is 7.43. The zero-order chi connectivity index (χ0) is 12.5. The summed E-state index contributed by atoms with van der Waals surface area (Å²) in [4.78, 5) is 9.87. The highest BCUT2D eigenvalue weighted by Crippen LogP contribution is 2.28. The Hall–Kier alpha value is -1.81. The van der Waals surface area contributed by atoms with E-state index in [9.17, 15) is 0 Å². The number of pyridine rings is 1. The third-order valence-corrected chi connectivity index (χ3v) is 3.42. The number of hydrogen-bond acceptors (Lipinski definition) is 3. The van der Waals surface area contributed by atoms with Crippen LogP contribution in [0.5, 0.6) is 0 Å². The van der Waals surface area contributed by atoms with Crippen LogP contribution in [-0.4, -0.2) is 37.2 Å². The summed E-state index contributed by atoms with van der Waals surface area (Å²) in [7, 11) is 4.01. The molecule has 0 spiro atoms. The first-order valence-electron chi connectivity index (χ1n) is 6.30. The predicted molar refractivity (Wildman–Crippen MR) is 75.9 cm³/mol. The summed E-state index contributed by atoms with van der Waals surface area (Å²) in [6.45, 7) is 2.02. The molecule has 3 rings (SSSR count). The van der Waals surface area contributed by atoms with Gasteiger partial charge in [0.15, 0.2) is 0 Å². The molecular weight excluding hydrogens is 224 g/mol. The Morgan fingerprint density at radius 2 is 2.22 bits per heavy atom. The fourth-order valence-corrected chi connectivity index (χ4v) is 2.38. The van der Waals surface area contributed by atoms with Crippen LogP contribution >= 0.6 is 0 Å². The Balaban J connectivity index is 2.07. The van der Waals surface area contributed by atoms with Crippen molar-refractivity contribution >= 4 is 22.3 Å². The summed E-state index contributed by atoms with van der Waals surface area (Å²) in [5, 5.41) is 4.56. The Bertz CT molecular complexity index is 595. The molecule has 94 valence electrons. The molecule has 18 heavy (non-hydrogen) atoms. The van der Waals surface area contributed by atoms with E-state index in [1.54, 1.807) is 0 Å². The lowest BCUT2D eigenvalue weighted by atomic mass is 10.0. The number of hydrogen-bond donors (Lipinski definition) is 2. The van der Waals surface area contributed by atoms with Gasteiger partial charge in [0, 0.05) is 50.0 Å². The van der Waals surface area contributed by atoms with Gasteiger partial charge in [-0.3, -0.25) is 0 Å².